The van der Waals surface area contributed by atoms with Gasteiger partial charge in [-0.25, -0.2) is 0 Å². The van der Waals surface area contributed by atoms with Crippen LogP contribution in [0.4, 0.5) is 0 Å². The van der Waals surface area contributed by atoms with Crippen molar-refractivity contribution in [1.29, 1.82) is 0 Å². The minimum atomic E-state index is -0.669. The average Bonchev–Trinajstić information content (AvgIpc) is 3.42. The molecule has 3 N–H and O–H groups in total. The van der Waals surface area contributed by atoms with Crippen LogP contribution in [0.3, 0.4) is 0 Å². The van der Waals surface area contributed by atoms with E-state index < -0.39 is 12.0 Å². The quantitative estimate of drug-likeness (QED) is 0.284. The van der Waals surface area contributed by atoms with Gasteiger partial charge in [0.05, 0.1) is 5.39 Å². The number of nitrogens with zero attached hydrogens (tertiary/aromatic N) is 1. The molecular formula is C26H28ClN3O4S. The number of carbonyl (C=O) groups excluding carboxylic acids is 1. The van der Waals surface area contributed by atoms with E-state index in [2.05, 4.69) is 10.6 Å². The van der Waals surface area contributed by atoms with Crippen LogP contribution in [-0.4, -0.2) is 22.1 Å². The summed E-state index contributed by atoms with van der Waals surface area (Å²) in [7, 11) is 1.83. The third-order valence-corrected chi connectivity index (χ3v) is 7.39. The van der Waals surface area contributed by atoms with Gasteiger partial charge in [-0.15, -0.1) is 11.3 Å². The average molecular weight is 514 g/mol. The maximum Gasteiger partial charge on any atom is 0.257 e. The third kappa shape index (κ3) is 5.85. The highest BCUT2D eigenvalue weighted by atomic mass is 35.5. The van der Waals surface area contributed by atoms with E-state index in [1.165, 1.54) is 11.3 Å². The summed E-state index contributed by atoms with van der Waals surface area (Å²) in [5, 5.41) is 17.6. The van der Waals surface area contributed by atoms with Gasteiger partial charge in [0, 0.05) is 36.2 Å². The van der Waals surface area contributed by atoms with E-state index in [1.807, 2.05) is 49.7 Å². The third-order valence-electron chi connectivity index (χ3n) is 5.91. The molecule has 0 saturated heterocycles. The molecule has 0 saturated carbocycles. The molecule has 3 aromatic heterocycles. The first kappa shape index (κ1) is 25.2. The number of carbonyl (C=O) groups is 1. The molecule has 4 aromatic rings. The van der Waals surface area contributed by atoms with Gasteiger partial charge in [-0.05, 0) is 62.2 Å². The Balaban J connectivity index is 1.38. The molecule has 35 heavy (non-hydrogen) atoms. The topological polar surface area (TPSA) is 96.5 Å². The number of aryl methyl sites for hydroxylation is 3. The Bertz CT molecular complexity index is 1390. The molecule has 7 nitrogen and oxygen atoms in total. The van der Waals surface area contributed by atoms with E-state index in [0.717, 1.165) is 26.6 Å². The number of halogens is 1. The van der Waals surface area contributed by atoms with Crippen molar-refractivity contribution in [2.75, 3.05) is 6.54 Å². The Morgan fingerprint density at radius 3 is 2.63 bits per heavy atom. The second-order valence-corrected chi connectivity index (χ2v) is 10.1. The van der Waals surface area contributed by atoms with Crippen LogP contribution in [0, 0.1) is 13.8 Å². The van der Waals surface area contributed by atoms with Crippen LogP contribution in [0.1, 0.15) is 50.4 Å². The van der Waals surface area contributed by atoms with E-state index in [1.54, 1.807) is 18.3 Å². The molecule has 1 amide bonds. The molecule has 0 radical (unpaired) electrons. The smallest absolute Gasteiger partial charge is 0.257 e. The second kappa shape index (κ2) is 10.8. The van der Waals surface area contributed by atoms with Crippen LogP contribution in [-0.2, 0) is 20.1 Å². The number of thiophene rings is 1. The maximum absolute atomic E-state index is 13.0. The maximum atomic E-state index is 13.0. The monoisotopic (exact) mass is 513 g/mol. The number of nitrogens with one attached hydrogen (secondary N) is 2. The van der Waals surface area contributed by atoms with E-state index in [4.69, 9.17) is 16.0 Å². The summed E-state index contributed by atoms with van der Waals surface area (Å²) in [4.78, 5) is 27.6. The van der Waals surface area contributed by atoms with Crippen molar-refractivity contribution < 1.29 is 14.3 Å². The Hall–Kier alpha value is -2.91. The van der Waals surface area contributed by atoms with Crippen LogP contribution >= 0.6 is 22.9 Å². The zero-order valence-corrected chi connectivity index (χ0v) is 21.4. The molecule has 0 aliphatic rings. The molecule has 0 spiro atoms. The number of aliphatic hydroxyl groups is 1. The number of amides is 1. The van der Waals surface area contributed by atoms with E-state index in [-0.39, 0.29) is 11.0 Å². The summed E-state index contributed by atoms with van der Waals surface area (Å²) in [6.07, 6.45) is 1.42. The van der Waals surface area contributed by atoms with E-state index >= 15 is 0 Å². The van der Waals surface area contributed by atoms with Crippen molar-refractivity contribution in [1.82, 2.24) is 15.2 Å². The molecule has 1 aromatic carbocycles. The molecule has 0 fully saturated rings. The summed E-state index contributed by atoms with van der Waals surface area (Å²) >= 11 is 7.41. The van der Waals surface area contributed by atoms with Gasteiger partial charge in [0.15, 0.2) is 0 Å². The lowest BCUT2D eigenvalue weighted by atomic mass is 10.1. The number of hydrogen-bond donors (Lipinski definition) is 3. The molecule has 184 valence electrons. The van der Waals surface area contributed by atoms with Crippen LogP contribution < -0.4 is 16.1 Å². The number of fused-ring (bicyclic) bond motifs is 1. The minimum Gasteiger partial charge on any atom is -0.463 e. The van der Waals surface area contributed by atoms with Gasteiger partial charge < -0.3 is 24.7 Å². The Morgan fingerprint density at radius 2 is 1.94 bits per heavy atom. The van der Waals surface area contributed by atoms with Crippen molar-refractivity contribution >= 4 is 39.1 Å². The zero-order valence-electron chi connectivity index (χ0n) is 19.9. The fourth-order valence-electron chi connectivity index (χ4n) is 3.80. The fourth-order valence-corrected chi connectivity index (χ4v) is 4.98. The van der Waals surface area contributed by atoms with Crippen LogP contribution in [0.15, 0.2) is 51.8 Å². The molecular weight excluding hydrogens is 486 g/mol. The highest BCUT2D eigenvalue weighted by Gasteiger charge is 2.17. The standard InChI is InChI=1S/C26H28ClN3O4S/c1-15-10-23(34-16(15)2)22(31)8-9-28-13-19-11-20-24(32)21(14-30(3)26(20)35-19)25(33)29-12-17-4-6-18(27)7-5-17/h4-7,10-11,14,22,28,31H,8-9,12-13H2,1-3H3,(H,29,33). The Morgan fingerprint density at radius 1 is 1.20 bits per heavy atom. The molecule has 3 heterocycles. The zero-order chi connectivity index (χ0) is 25.1. The first-order valence-electron chi connectivity index (χ1n) is 11.3. The van der Waals surface area contributed by atoms with E-state index in [0.29, 0.717) is 42.2 Å². The highest BCUT2D eigenvalue weighted by molar-refractivity contribution is 7.18. The Labute approximate surface area is 212 Å². The van der Waals surface area contributed by atoms with Gasteiger partial charge in [0.1, 0.15) is 28.0 Å². The summed E-state index contributed by atoms with van der Waals surface area (Å²) in [6.45, 7) is 5.28. The predicted molar refractivity (Wildman–Crippen MR) is 139 cm³/mol. The van der Waals surface area contributed by atoms with E-state index in [9.17, 15) is 14.7 Å². The van der Waals surface area contributed by atoms with Crippen molar-refractivity contribution in [3.63, 3.8) is 0 Å². The molecule has 1 atom stereocenters. The number of hydrogen-bond acceptors (Lipinski definition) is 6. The fraction of sp³-hybridized carbons (Fsp3) is 0.308. The summed E-state index contributed by atoms with van der Waals surface area (Å²) in [6, 6.07) is 10.9. The molecule has 0 bridgehead atoms. The lowest BCUT2D eigenvalue weighted by Gasteiger charge is -2.08. The number of benzene rings is 1. The summed E-state index contributed by atoms with van der Waals surface area (Å²) in [5.41, 5.74) is 1.75. The summed E-state index contributed by atoms with van der Waals surface area (Å²) in [5.74, 6) is 0.982. The molecule has 1 unspecified atom stereocenters. The molecule has 4 rings (SSSR count). The number of aromatic nitrogens is 1. The van der Waals surface area contributed by atoms with Gasteiger partial charge in [-0.2, -0.15) is 0 Å². The molecule has 9 heteroatoms. The predicted octanol–water partition coefficient (Wildman–Crippen LogP) is 4.61. The number of pyridine rings is 1. The van der Waals surface area contributed by atoms with Crippen LogP contribution in [0.2, 0.25) is 5.02 Å². The first-order chi connectivity index (χ1) is 16.7. The number of aliphatic hydroxyl groups excluding tert-OH is 1. The Kier molecular flexibility index (Phi) is 7.76. The van der Waals surface area contributed by atoms with Gasteiger partial charge in [0.25, 0.3) is 5.91 Å². The highest BCUT2D eigenvalue weighted by Crippen LogP contribution is 2.24. The van der Waals surface area contributed by atoms with Gasteiger partial charge in [-0.3, -0.25) is 9.59 Å². The number of furan rings is 1. The lowest BCUT2D eigenvalue weighted by molar-refractivity contribution is 0.0949. The number of rotatable bonds is 9. The normalized spacial score (nSPS) is 12.3. The van der Waals surface area contributed by atoms with Gasteiger partial charge in [0.2, 0.25) is 5.43 Å². The molecule has 0 aliphatic heterocycles. The first-order valence-corrected chi connectivity index (χ1v) is 12.5. The van der Waals surface area contributed by atoms with Crippen molar-refractivity contribution in [3.8, 4) is 0 Å². The molecule has 0 aliphatic carbocycles. The van der Waals surface area contributed by atoms with Crippen molar-refractivity contribution in [2.24, 2.45) is 7.05 Å². The van der Waals surface area contributed by atoms with Crippen LogP contribution in [0.25, 0.3) is 10.2 Å². The largest absolute Gasteiger partial charge is 0.463 e. The summed E-state index contributed by atoms with van der Waals surface area (Å²) < 4.78 is 7.40. The van der Waals surface area contributed by atoms with Crippen LogP contribution in [0.5, 0.6) is 0 Å². The van der Waals surface area contributed by atoms with Crippen molar-refractivity contribution in [2.45, 2.75) is 39.5 Å². The minimum absolute atomic E-state index is 0.110. The lowest BCUT2D eigenvalue weighted by Crippen LogP contribution is -2.29. The van der Waals surface area contributed by atoms with Gasteiger partial charge >= 0.3 is 0 Å². The van der Waals surface area contributed by atoms with Gasteiger partial charge in [-0.1, -0.05) is 23.7 Å². The second-order valence-electron chi connectivity index (χ2n) is 8.59. The van der Waals surface area contributed by atoms with Crippen molar-refractivity contribution in [3.05, 3.63) is 90.9 Å². The SMILES string of the molecule is Cc1cc(C(O)CCNCc2cc3c(=O)c(C(=O)NCc4ccc(Cl)cc4)cn(C)c3s2)oc1C.